The Labute approximate surface area is 140 Å². The maximum absolute atomic E-state index is 9.29. The summed E-state index contributed by atoms with van der Waals surface area (Å²) in [5.74, 6) is 0.932. The van der Waals surface area contributed by atoms with Gasteiger partial charge in [-0.05, 0) is 31.2 Å². The van der Waals surface area contributed by atoms with Gasteiger partial charge in [0, 0.05) is 45.3 Å². The van der Waals surface area contributed by atoms with Crippen LogP contribution >= 0.6 is 0 Å². The van der Waals surface area contributed by atoms with E-state index < -0.39 is 0 Å². The van der Waals surface area contributed by atoms with Gasteiger partial charge in [-0.25, -0.2) is 0 Å². The van der Waals surface area contributed by atoms with E-state index in [1.165, 1.54) is 5.56 Å². The topological polar surface area (TPSA) is 48.0 Å². The Morgan fingerprint density at radius 1 is 1.26 bits per heavy atom. The van der Waals surface area contributed by atoms with Crippen LogP contribution in [0.1, 0.15) is 24.9 Å². The lowest BCUT2D eigenvalue weighted by Crippen LogP contribution is -2.47. The highest BCUT2D eigenvalue weighted by atomic mass is 16.5. The molecule has 5 heteroatoms. The van der Waals surface area contributed by atoms with Crippen LogP contribution in [0.3, 0.4) is 0 Å². The minimum absolute atomic E-state index is 0.187. The van der Waals surface area contributed by atoms with Gasteiger partial charge in [0.15, 0.2) is 0 Å². The number of aliphatic hydroxyl groups is 1. The van der Waals surface area contributed by atoms with Crippen molar-refractivity contribution in [2.75, 3.05) is 59.5 Å². The number of rotatable bonds is 9. The Kier molecular flexibility index (Phi) is 7.82. The summed E-state index contributed by atoms with van der Waals surface area (Å²) in [5.41, 5.74) is 1.28. The summed E-state index contributed by atoms with van der Waals surface area (Å²) in [6, 6.07) is 8.73. The fourth-order valence-electron chi connectivity index (χ4n) is 2.96. The first kappa shape index (κ1) is 18.2. The Morgan fingerprint density at radius 2 is 1.96 bits per heavy atom. The van der Waals surface area contributed by atoms with Crippen molar-refractivity contribution in [3.05, 3.63) is 29.8 Å². The lowest BCUT2D eigenvalue weighted by Gasteiger charge is -2.35. The zero-order chi connectivity index (χ0) is 16.5. The number of piperazine rings is 1. The van der Waals surface area contributed by atoms with E-state index in [2.05, 4.69) is 53.4 Å². The summed E-state index contributed by atoms with van der Waals surface area (Å²) in [6.45, 7) is 9.02. The van der Waals surface area contributed by atoms with E-state index in [0.717, 1.165) is 51.5 Å². The lowest BCUT2D eigenvalue weighted by atomic mass is 10.0. The molecule has 0 spiro atoms. The number of hydrogen-bond acceptors (Lipinski definition) is 5. The van der Waals surface area contributed by atoms with E-state index >= 15 is 0 Å². The zero-order valence-electron chi connectivity index (χ0n) is 14.5. The lowest BCUT2D eigenvalue weighted by molar-refractivity contribution is 0.130. The number of hydrogen-bond donors (Lipinski definition) is 2. The quantitative estimate of drug-likeness (QED) is 0.719. The summed E-state index contributed by atoms with van der Waals surface area (Å²) in [6.07, 6.45) is 1.02. The maximum Gasteiger partial charge on any atom is 0.119 e. The molecule has 2 rings (SSSR count). The van der Waals surface area contributed by atoms with Gasteiger partial charge in [0.2, 0.25) is 0 Å². The second-order valence-electron chi connectivity index (χ2n) is 6.19. The van der Waals surface area contributed by atoms with Crippen molar-refractivity contribution in [2.45, 2.75) is 19.4 Å². The van der Waals surface area contributed by atoms with Gasteiger partial charge in [0.1, 0.15) is 5.75 Å². The smallest absolute Gasteiger partial charge is 0.119 e. The summed E-state index contributed by atoms with van der Waals surface area (Å²) in [5, 5.41) is 12.7. The molecule has 1 aromatic rings. The molecule has 1 aliphatic heterocycles. The maximum atomic E-state index is 9.29. The van der Waals surface area contributed by atoms with Crippen LogP contribution in [-0.2, 0) is 0 Å². The van der Waals surface area contributed by atoms with Crippen LogP contribution in [0, 0.1) is 0 Å². The van der Waals surface area contributed by atoms with E-state index in [-0.39, 0.29) is 6.61 Å². The van der Waals surface area contributed by atoms with E-state index in [9.17, 15) is 5.11 Å². The van der Waals surface area contributed by atoms with Gasteiger partial charge in [-0.2, -0.15) is 0 Å². The van der Waals surface area contributed by atoms with Crippen molar-refractivity contribution in [1.29, 1.82) is 0 Å². The first-order chi connectivity index (χ1) is 11.2. The third kappa shape index (κ3) is 5.77. The second-order valence-corrected chi connectivity index (χ2v) is 6.19. The first-order valence-electron chi connectivity index (χ1n) is 8.71. The van der Waals surface area contributed by atoms with Crippen LogP contribution in [0.15, 0.2) is 24.3 Å². The molecular formula is C18H31N3O2. The van der Waals surface area contributed by atoms with Gasteiger partial charge in [-0.1, -0.05) is 19.1 Å². The average Bonchev–Trinajstić information content (AvgIpc) is 2.59. The molecule has 1 aromatic carbocycles. The Balaban J connectivity index is 2.05. The Hall–Kier alpha value is -1.14. The summed E-state index contributed by atoms with van der Waals surface area (Å²) >= 11 is 0. The van der Waals surface area contributed by atoms with Crippen LogP contribution < -0.4 is 10.1 Å². The number of nitrogens with zero attached hydrogens (tertiary/aromatic N) is 2. The molecule has 130 valence electrons. The second kappa shape index (κ2) is 9.88. The monoisotopic (exact) mass is 321 g/mol. The van der Waals surface area contributed by atoms with Crippen LogP contribution in [0.4, 0.5) is 0 Å². The van der Waals surface area contributed by atoms with Crippen molar-refractivity contribution in [3.63, 3.8) is 0 Å². The third-order valence-electron chi connectivity index (χ3n) is 4.36. The number of ether oxygens (including phenoxy) is 1. The molecule has 1 heterocycles. The standard InChI is InChI=1S/C18H31N3O2/c1-3-14-23-17-6-4-16(5-7-17)18(20(2)12-13-22)15-21-10-8-19-9-11-21/h4-7,18-19,22H,3,8-15H2,1-2H3. The van der Waals surface area contributed by atoms with Gasteiger partial charge in [-0.15, -0.1) is 0 Å². The molecule has 0 saturated carbocycles. The van der Waals surface area contributed by atoms with Crippen LogP contribution in [0.5, 0.6) is 5.75 Å². The van der Waals surface area contributed by atoms with Crippen molar-refractivity contribution >= 4 is 0 Å². The molecule has 2 N–H and O–H groups in total. The summed E-state index contributed by atoms with van der Waals surface area (Å²) in [4.78, 5) is 4.74. The van der Waals surface area contributed by atoms with Crippen LogP contribution in [0.25, 0.3) is 0 Å². The first-order valence-corrected chi connectivity index (χ1v) is 8.71. The SMILES string of the molecule is CCCOc1ccc(C(CN2CCNCC2)N(C)CCO)cc1. The Bertz CT molecular complexity index is 432. The molecule has 1 atom stereocenters. The molecule has 23 heavy (non-hydrogen) atoms. The largest absolute Gasteiger partial charge is 0.494 e. The van der Waals surface area contributed by atoms with Crippen molar-refractivity contribution in [3.8, 4) is 5.75 Å². The molecule has 0 aromatic heterocycles. The number of nitrogens with one attached hydrogen (secondary N) is 1. The van der Waals surface area contributed by atoms with Crippen molar-refractivity contribution < 1.29 is 9.84 Å². The van der Waals surface area contributed by atoms with Crippen LogP contribution in [-0.4, -0.2) is 74.4 Å². The van der Waals surface area contributed by atoms with E-state index in [1.807, 2.05) is 0 Å². The van der Waals surface area contributed by atoms with Gasteiger partial charge in [0.05, 0.1) is 13.2 Å². The minimum atomic E-state index is 0.187. The van der Waals surface area contributed by atoms with Gasteiger partial charge in [0.25, 0.3) is 0 Å². The predicted octanol–water partition coefficient (Wildman–Crippen LogP) is 1.35. The van der Waals surface area contributed by atoms with E-state index in [0.29, 0.717) is 12.6 Å². The molecule has 5 nitrogen and oxygen atoms in total. The minimum Gasteiger partial charge on any atom is -0.494 e. The summed E-state index contributed by atoms with van der Waals surface area (Å²) < 4.78 is 5.68. The third-order valence-corrected chi connectivity index (χ3v) is 4.36. The zero-order valence-corrected chi connectivity index (χ0v) is 14.5. The fraction of sp³-hybridized carbons (Fsp3) is 0.667. The molecule has 1 fully saturated rings. The highest BCUT2D eigenvalue weighted by Gasteiger charge is 2.21. The molecule has 1 unspecified atom stereocenters. The average molecular weight is 321 g/mol. The molecular weight excluding hydrogens is 290 g/mol. The molecule has 0 amide bonds. The molecule has 0 aliphatic carbocycles. The molecule has 0 bridgehead atoms. The number of likely N-dealkylation sites (N-methyl/N-ethyl adjacent to an activating group) is 1. The summed E-state index contributed by atoms with van der Waals surface area (Å²) in [7, 11) is 2.09. The van der Waals surface area contributed by atoms with Crippen LogP contribution in [0.2, 0.25) is 0 Å². The molecule has 1 aliphatic rings. The highest BCUT2D eigenvalue weighted by Crippen LogP contribution is 2.23. The van der Waals surface area contributed by atoms with Crippen molar-refractivity contribution in [2.24, 2.45) is 0 Å². The number of benzene rings is 1. The molecule has 1 saturated heterocycles. The highest BCUT2D eigenvalue weighted by molar-refractivity contribution is 5.29. The van der Waals surface area contributed by atoms with E-state index in [4.69, 9.17) is 4.74 Å². The molecule has 0 radical (unpaired) electrons. The fourth-order valence-corrected chi connectivity index (χ4v) is 2.96. The Morgan fingerprint density at radius 3 is 2.57 bits per heavy atom. The van der Waals surface area contributed by atoms with Gasteiger partial charge in [-0.3, -0.25) is 9.80 Å². The van der Waals surface area contributed by atoms with E-state index in [1.54, 1.807) is 0 Å². The number of aliphatic hydroxyl groups excluding tert-OH is 1. The normalized spacial score (nSPS) is 17.4. The van der Waals surface area contributed by atoms with Crippen molar-refractivity contribution in [1.82, 2.24) is 15.1 Å². The van der Waals surface area contributed by atoms with Gasteiger partial charge < -0.3 is 15.2 Å². The predicted molar refractivity (Wildman–Crippen MR) is 94.0 cm³/mol. The van der Waals surface area contributed by atoms with Gasteiger partial charge >= 0.3 is 0 Å².